The molecule has 0 aliphatic heterocycles. The van der Waals surface area contributed by atoms with Crippen molar-refractivity contribution in [2.75, 3.05) is 5.32 Å². The normalized spacial score (nSPS) is 11.0. The van der Waals surface area contributed by atoms with Crippen LogP contribution in [0.3, 0.4) is 0 Å². The molecule has 7 heteroatoms. The van der Waals surface area contributed by atoms with Crippen LogP contribution in [0, 0.1) is 0 Å². The number of imidazole rings is 1. The summed E-state index contributed by atoms with van der Waals surface area (Å²) in [6.07, 6.45) is 0. The van der Waals surface area contributed by atoms with E-state index in [2.05, 4.69) is 44.6 Å². The molecule has 0 bridgehead atoms. The summed E-state index contributed by atoms with van der Waals surface area (Å²) in [5, 5.41) is 12.0. The lowest BCUT2D eigenvalue weighted by Crippen LogP contribution is -2.18. The third-order valence-electron chi connectivity index (χ3n) is 3.67. The van der Waals surface area contributed by atoms with Crippen LogP contribution in [0.2, 0.25) is 0 Å². The Bertz CT molecular complexity index is 887. The third kappa shape index (κ3) is 3.13. The minimum atomic E-state index is -0.541. The molecule has 2 aromatic carbocycles. The van der Waals surface area contributed by atoms with Gasteiger partial charge in [0.2, 0.25) is 5.95 Å². The van der Waals surface area contributed by atoms with Gasteiger partial charge in [-0.05, 0) is 56.3 Å². The van der Waals surface area contributed by atoms with Gasteiger partial charge < -0.3 is 9.88 Å². The fourth-order valence-corrected chi connectivity index (χ4v) is 2.92. The van der Waals surface area contributed by atoms with Gasteiger partial charge in [-0.25, -0.2) is 10.5 Å². The average Bonchev–Trinajstić information content (AvgIpc) is 2.92. The number of carbonyl (C=O) groups is 1. The molecule has 0 aliphatic rings. The molecule has 0 radical (unpaired) electrons. The summed E-state index contributed by atoms with van der Waals surface area (Å²) >= 11 is 3.50. The fraction of sp³-hybridized carbons (Fsp3) is 0.176. The third-order valence-corrected chi connectivity index (χ3v) is 4.17. The SMILES string of the molecule is CC(C)n1c(Nc2ccc(C(=O)NO)cc2)nc2ccc(Br)cc21. The summed E-state index contributed by atoms with van der Waals surface area (Å²) in [6.45, 7) is 4.20. The maximum atomic E-state index is 11.4. The van der Waals surface area contributed by atoms with Crippen LogP contribution in [0.1, 0.15) is 30.2 Å². The second kappa shape index (κ2) is 6.62. The zero-order chi connectivity index (χ0) is 17.3. The molecule has 0 unspecified atom stereocenters. The van der Waals surface area contributed by atoms with Gasteiger partial charge in [0.1, 0.15) is 0 Å². The summed E-state index contributed by atoms with van der Waals surface area (Å²) in [4.78, 5) is 16.0. The summed E-state index contributed by atoms with van der Waals surface area (Å²) in [6, 6.07) is 13.0. The van der Waals surface area contributed by atoms with E-state index < -0.39 is 5.91 Å². The molecule has 0 fully saturated rings. The molecule has 1 aromatic heterocycles. The maximum Gasteiger partial charge on any atom is 0.274 e. The number of amides is 1. The van der Waals surface area contributed by atoms with Crippen LogP contribution < -0.4 is 10.8 Å². The predicted molar refractivity (Wildman–Crippen MR) is 96.8 cm³/mol. The van der Waals surface area contributed by atoms with Crippen molar-refractivity contribution in [2.24, 2.45) is 0 Å². The first-order valence-electron chi connectivity index (χ1n) is 7.48. The van der Waals surface area contributed by atoms with Crippen molar-refractivity contribution < 1.29 is 10.0 Å². The Balaban J connectivity index is 1.97. The Morgan fingerprint density at radius 3 is 2.54 bits per heavy atom. The highest BCUT2D eigenvalue weighted by molar-refractivity contribution is 9.10. The van der Waals surface area contributed by atoms with Crippen LogP contribution in [0.15, 0.2) is 46.9 Å². The molecule has 0 saturated heterocycles. The van der Waals surface area contributed by atoms with Gasteiger partial charge in [-0.2, -0.15) is 0 Å². The number of benzene rings is 2. The van der Waals surface area contributed by atoms with E-state index in [1.165, 1.54) is 0 Å². The van der Waals surface area contributed by atoms with E-state index in [0.717, 1.165) is 27.1 Å². The summed E-state index contributed by atoms with van der Waals surface area (Å²) in [5.41, 5.74) is 4.75. The first-order valence-corrected chi connectivity index (χ1v) is 8.28. The van der Waals surface area contributed by atoms with E-state index in [4.69, 9.17) is 5.21 Å². The lowest BCUT2D eigenvalue weighted by atomic mass is 10.2. The molecule has 124 valence electrons. The number of nitrogens with one attached hydrogen (secondary N) is 2. The molecule has 6 nitrogen and oxygen atoms in total. The van der Waals surface area contributed by atoms with Gasteiger partial charge in [-0.15, -0.1) is 0 Å². The summed E-state index contributed by atoms with van der Waals surface area (Å²) in [7, 11) is 0. The molecule has 0 aliphatic carbocycles. The van der Waals surface area contributed by atoms with Crippen molar-refractivity contribution in [1.29, 1.82) is 0 Å². The molecule has 24 heavy (non-hydrogen) atoms. The molecule has 0 spiro atoms. The van der Waals surface area contributed by atoms with Gasteiger partial charge in [0.05, 0.1) is 11.0 Å². The molecule has 3 aromatic rings. The standard InChI is InChI=1S/C17H17BrN4O2/c1-10(2)22-15-9-12(18)5-8-14(15)20-17(22)19-13-6-3-11(4-7-13)16(23)21-24/h3-10,24H,1-2H3,(H,19,20)(H,21,23). The van der Waals surface area contributed by atoms with E-state index in [9.17, 15) is 4.79 Å². The van der Waals surface area contributed by atoms with Crippen LogP contribution in [0.5, 0.6) is 0 Å². The van der Waals surface area contributed by atoms with Gasteiger partial charge in [-0.1, -0.05) is 15.9 Å². The minimum absolute atomic E-state index is 0.228. The van der Waals surface area contributed by atoms with E-state index in [1.54, 1.807) is 29.7 Å². The zero-order valence-electron chi connectivity index (χ0n) is 13.2. The number of fused-ring (bicyclic) bond motifs is 1. The highest BCUT2D eigenvalue weighted by atomic mass is 79.9. The first kappa shape index (κ1) is 16.5. The van der Waals surface area contributed by atoms with Gasteiger partial charge in [0.15, 0.2) is 0 Å². The van der Waals surface area contributed by atoms with Crippen molar-refractivity contribution in [3.8, 4) is 0 Å². The highest BCUT2D eigenvalue weighted by Gasteiger charge is 2.14. The van der Waals surface area contributed by atoms with E-state index in [0.29, 0.717) is 5.56 Å². The maximum absolute atomic E-state index is 11.4. The molecule has 3 N–H and O–H groups in total. The van der Waals surface area contributed by atoms with E-state index in [-0.39, 0.29) is 6.04 Å². The monoisotopic (exact) mass is 388 g/mol. The topological polar surface area (TPSA) is 79.2 Å². The number of halogens is 1. The second-order valence-corrected chi connectivity index (χ2v) is 6.59. The number of anilines is 2. The molecule has 1 amide bonds. The van der Waals surface area contributed by atoms with Crippen LogP contribution in [0.25, 0.3) is 11.0 Å². The molecule has 0 atom stereocenters. The smallest absolute Gasteiger partial charge is 0.274 e. The van der Waals surface area contributed by atoms with Crippen molar-refractivity contribution in [3.63, 3.8) is 0 Å². The van der Waals surface area contributed by atoms with Crippen LogP contribution >= 0.6 is 15.9 Å². The molecule has 3 rings (SSSR count). The van der Waals surface area contributed by atoms with Crippen LogP contribution in [0.4, 0.5) is 11.6 Å². The first-order chi connectivity index (χ1) is 11.5. The Morgan fingerprint density at radius 1 is 1.21 bits per heavy atom. The van der Waals surface area contributed by atoms with E-state index in [1.807, 2.05) is 18.2 Å². The number of hydrogen-bond donors (Lipinski definition) is 3. The van der Waals surface area contributed by atoms with Crippen LogP contribution in [-0.2, 0) is 0 Å². The number of hydroxylamine groups is 1. The Labute approximate surface area is 147 Å². The average molecular weight is 389 g/mol. The van der Waals surface area contributed by atoms with Gasteiger partial charge in [-0.3, -0.25) is 10.0 Å². The fourth-order valence-electron chi connectivity index (χ4n) is 2.58. The van der Waals surface area contributed by atoms with Crippen molar-refractivity contribution >= 4 is 44.5 Å². The molecular weight excluding hydrogens is 372 g/mol. The van der Waals surface area contributed by atoms with Gasteiger partial charge in [0, 0.05) is 21.8 Å². The minimum Gasteiger partial charge on any atom is -0.326 e. The highest BCUT2D eigenvalue weighted by Crippen LogP contribution is 2.28. The second-order valence-electron chi connectivity index (χ2n) is 5.68. The lowest BCUT2D eigenvalue weighted by molar-refractivity contribution is 0.0706. The number of rotatable bonds is 4. The molecule has 1 heterocycles. The largest absolute Gasteiger partial charge is 0.326 e. The Kier molecular flexibility index (Phi) is 4.55. The van der Waals surface area contributed by atoms with Crippen molar-refractivity contribution in [1.82, 2.24) is 15.0 Å². The van der Waals surface area contributed by atoms with Crippen molar-refractivity contribution in [3.05, 3.63) is 52.5 Å². The number of aromatic nitrogens is 2. The Morgan fingerprint density at radius 2 is 1.92 bits per heavy atom. The molecule has 0 saturated carbocycles. The lowest BCUT2D eigenvalue weighted by Gasteiger charge is -2.14. The summed E-state index contributed by atoms with van der Waals surface area (Å²) in [5.74, 6) is 0.193. The van der Waals surface area contributed by atoms with E-state index >= 15 is 0 Å². The summed E-state index contributed by atoms with van der Waals surface area (Å²) < 4.78 is 3.12. The Hall–Kier alpha value is -2.38. The van der Waals surface area contributed by atoms with Crippen molar-refractivity contribution in [2.45, 2.75) is 19.9 Å². The van der Waals surface area contributed by atoms with Gasteiger partial charge >= 0.3 is 0 Å². The predicted octanol–water partition coefficient (Wildman–Crippen LogP) is 4.24. The quantitative estimate of drug-likeness (QED) is 0.461. The molecular formula is C17H17BrN4O2. The van der Waals surface area contributed by atoms with Gasteiger partial charge in [0.25, 0.3) is 5.91 Å². The zero-order valence-corrected chi connectivity index (χ0v) is 14.8. The number of hydrogen-bond acceptors (Lipinski definition) is 4. The number of nitrogens with zero attached hydrogens (tertiary/aromatic N) is 2. The van der Waals surface area contributed by atoms with Crippen LogP contribution in [-0.4, -0.2) is 20.7 Å². The number of carbonyl (C=O) groups excluding carboxylic acids is 1.